The number of aromatic nitrogens is 2. The first-order valence-corrected chi connectivity index (χ1v) is 14.8. The first kappa shape index (κ1) is 27.2. The smallest absolute Gasteiger partial charge is 0.229 e. The Balaban J connectivity index is 1.42. The molecule has 3 aliphatic carbocycles. The molecule has 0 bridgehead atoms. The highest BCUT2D eigenvalue weighted by atomic mass is 32.1. The Labute approximate surface area is 228 Å². The second-order valence-electron chi connectivity index (χ2n) is 12.0. The van der Waals surface area contributed by atoms with Gasteiger partial charge in [-0.3, -0.25) is 14.6 Å². The molecule has 0 spiro atoms. The van der Waals surface area contributed by atoms with Gasteiger partial charge in [0.05, 0.1) is 18.4 Å². The Kier molecular flexibility index (Phi) is 7.89. The molecular formula is C29H40N4O4S. The van der Waals surface area contributed by atoms with Gasteiger partial charge in [0.1, 0.15) is 0 Å². The molecule has 0 saturated heterocycles. The first-order chi connectivity index (χ1) is 18.2. The molecule has 2 fully saturated rings. The van der Waals surface area contributed by atoms with E-state index in [4.69, 9.17) is 4.98 Å². The number of aliphatic hydroxyl groups excluding tert-OH is 2. The predicted molar refractivity (Wildman–Crippen MR) is 146 cm³/mol. The molecule has 0 radical (unpaired) electrons. The molecule has 8 nitrogen and oxygen atoms in total. The molecule has 4 N–H and O–H groups in total. The molecule has 3 aliphatic rings. The van der Waals surface area contributed by atoms with Crippen molar-refractivity contribution in [3.63, 3.8) is 0 Å². The minimum absolute atomic E-state index is 0.0188. The topological polar surface area (TPSA) is 124 Å². The third-order valence-corrected chi connectivity index (χ3v) is 10.7. The molecule has 2 saturated carbocycles. The lowest BCUT2D eigenvalue weighted by Crippen LogP contribution is -2.57. The van der Waals surface area contributed by atoms with Gasteiger partial charge in [-0.05, 0) is 55.1 Å². The third-order valence-electron chi connectivity index (χ3n) is 9.70. The Morgan fingerprint density at radius 2 is 1.97 bits per heavy atom. The van der Waals surface area contributed by atoms with Gasteiger partial charge in [0, 0.05) is 47.5 Å². The number of carbonyl (C=O) groups excluding carboxylic acids is 2. The molecule has 0 unspecified atom stereocenters. The van der Waals surface area contributed by atoms with E-state index in [9.17, 15) is 19.8 Å². The first-order valence-electron chi connectivity index (χ1n) is 14.0. The Morgan fingerprint density at radius 1 is 1.18 bits per heavy atom. The molecule has 9 heteroatoms. The van der Waals surface area contributed by atoms with E-state index in [1.54, 1.807) is 12.4 Å². The van der Waals surface area contributed by atoms with Gasteiger partial charge >= 0.3 is 0 Å². The van der Waals surface area contributed by atoms with E-state index >= 15 is 0 Å². The zero-order chi connectivity index (χ0) is 26.9. The highest BCUT2D eigenvalue weighted by molar-refractivity contribution is 7.15. The Bertz CT molecular complexity index is 1150. The maximum atomic E-state index is 13.3. The van der Waals surface area contributed by atoms with Gasteiger partial charge in [0.2, 0.25) is 11.8 Å². The van der Waals surface area contributed by atoms with Gasteiger partial charge < -0.3 is 20.8 Å². The van der Waals surface area contributed by atoms with Crippen LogP contribution in [-0.2, 0) is 22.6 Å². The van der Waals surface area contributed by atoms with Crippen molar-refractivity contribution in [3.8, 4) is 0 Å². The highest BCUT2D eigenvalue weighted by Gasteiger charge is 2.59. The quantitative estimate of drug-likeness (QED) is 0.418. The van der Waals surface area contributed by atoms with Crippen LogP contribution in [0.1, 0.15) is 87.3 Å². The Morgan fingerprint density at radius 3 is 2.68 bits per heavy atom. The number of aliphatic hydroxyl groups is 2. The SMILES string of the molecule is C[C@]1(CO)[C@H]2Cc3sc(NC(=O)C4CCCCC4)nc3[C@@H](CC(=O)NCc3cccnc3)[C@]2(C)CC[C@H]1O. The van der Waals surface area contributed by atoms with Crippen molar-refractivity contribution >= 4 is 28.3 Å². The fourth-order valence-electron chi connectivity index (χ4n) is 7.23. The van der Waals surface area contributed by atoms with Crippen molar-refractivity contribution in [1.82, 2.24) is 15.3 Å². The Hall–Kier alpha value is -2.36. The predicted octanol–water partition coefficient (Wildman–Crippen LogP) is 4.18. The highest BCUT2D eigenvalue weighted by Crippen LogP contribution is 2.62. The van der Waals surface area contributed by atoms with Crippen molar-refractivity contribution in [1.29, 1.82) is 0 Å². The fourth-order valence-corrected chi connectivity index (χ4v) is 8.30. The minimum atomic E-state index is -0.676. The standard InChI is InChI=1S/C29H40N4O4S/c1-28-11-10-23(35)29(2,17-34)22(28)14-21-25(20(28)13-24(36)31-16-18-7-6-12-30-15-18)32-27(38-21)33-26(37)19-8-4-3-5-9-19/h6-7,12,15,19-20,22-23,34-35H,3-5,8-11,13-14,16-17H2,1-2H3,(H,31,36)(H,32,33,37)/t20-,22+,23-,28+,29+/m1/s1. The van der Waals surface area contributed by atoms with Crippen LogP contribution in [0.25, 0.3) is 0 Å². The summed E-state index contributed by atoms with van der Waals surface area (Å²) < 4.78 is 0. The fraction of sp³-hybridized carbons (Fsp3) is 0.655. The molecule has 5 atom stereocenters. The van der Waals surface area contributed by atoms with Crippen LogP contribution in [0.3, 0.4) is 0 Å². The van der Waals surface area contributed by atoms with Gasteiger partial charge in [0.15, 0.2) is 5.13 Å². The summed E-state index contributed by atoms with van der Waals surface area (Å²) in [5, 5.41) is 28.1. The lowest BCUT2D eigenvalue weighted by molar-refractivity contribution is -0.144. The number of amides is 2. The number of carbonyl (C=O) groups is 2. The molecule has 2 amide bonds. The summed E-state index contributed by atoms with van der Waals surface area (Å²) in [6.07, 6.45) is 10.3. The summed E-state index contributed by atoms with van der Waals surface area (Å²) >= 11 is 1.49. The van der Waals surface area contributed by atoms with Crippen LogP contribution in [0.2, 0.25) is 0 Å². The van der Waals surface area contributed by atoms with E-state index in [2.05, 4.69) is 22.5 Å². The van der Waals surface area contributed by atoms with Gasteiger partial charge in [0.25, 0.3) is 0 Å². The van der Waals surface area contributed by atoms with E-state index in [1.807, 2.05) is 19.1 Å². The van der Waals surface area contributed by atoms with Gasteiger partial charge in [-0.25, -0.2) is 4.98 Å². The van der Waals surface area contributed by atoms with Crippen LogP contribution >= 0.6 is 11.3 Å². The lowest BCUT2D eigenvalue weighted by atomic mass is 9.47. The van der Waals surface area contributed by atoms with Crippen LogP contribution < -0.4 is 10.6 Å². The number of anilines is 1. The van der Waals surface area contributed by atoms with Gasteiger partial charge in [-0.15, -0.1) is 11.3 Å². The monoisotopic (exact) mass is 540 g/mol. The number of nitrogens with zero attached hydrogens (tertiary/aromatic N) is 2. The molecule has 2 heterocycles. The molecular weight excluding hydrogens is 500 g/mol. The molecule has 206 valence electrons. The summed E-state index contributed by atoms with van der Waals surface area (Å²) in [4.78, 5) is 36.4. The zero-order valence-corrected chi connectivity index (χ0v) is 23.2. The van der Waals surface area contributed by atoms with E-state index in [0.717, 1.165) is 48.2 Å². The molecule has 5 rings (SSSR count). The van der Waals surface area contributed by atoms with Gasteiger partial charge in [-0.1, -0.05) is 39.2 Å². The summed E-state index contributed by atoms with van der Waals surface area (Å²) in [7, 11) is 0. The summed E-state index contributed by atoms with van der Waals surface area (Å²) in [5.41, 5.74) is 0.823. The molecule has 0 aromatic carbocycles. The average molecular weight is 541 g/mol. The summed E-state index contributed by atoms with van der Waals surface area (Å²) in [5.74, 6) is -0.188. The number of nitrogens with one attached hydrogen (secondary N) is 2. The van der Waals surface area contributed by atoms with Crippen molar-refractivity contribution < 1.29 is 19.8 Å². The number of hydrogen-bond acceptors (Lipinski definition) is 7. The molecule has 2 aromatic rings. The number of rotatable bonds is 7. The van der Waals surface area contributed by atoms with Crippen molar-refractivity contribution in [2.24, 2.45) is 22.7 Å². The normalized spacial score (nSPS) is 31.2. The van der Waals surface area contributed by atoms with Crippen molar-refractivity contribution in [2.75, 3.05) is 11.9 Å². The van der Waals surface area contributed by atoms with Crippen LogP contribution in [0.15, 0.2) is 24.5 Å². The number of fused-ring (bicyclic) bond motifs is 2. The maximum absolute atomic E-state index is 13.3. The van der Waals surface area contributed by atoms with Crippen LogP contribution in [0.4, 0.5) is 5.13 Å². The largest absolute Gasteiger partial charge is 0.396 e. The average Bonchev–Trinajstić information content (AvgIpc) is 3.34. The maximum Gasteiger partial charge on any atom is 0.229 e. The van der Waals surface area contributed by atoms with E-state index < -0.39 is 11.5 Å². The summed E-state index contributed by atoms with van der Waals surface area (Å²) in [6, 6.07) is 3.78. The lowest BCUT2D eigenvalue weighted by Gasteiger charge is -2.58. The summed E-state index contributed by atoms with van der Waals surface area (Å²) in [6.45, 7) is 4.45. The van der Waals surface area contributed by atoms with Gasteiger partial charge in [-0.2, -0.15) is 0 Å². The van der Waals surface area contributed by atoms with E-state index in [1.165, 1.54) is 17.8 Å². The molecule has 2 aromatic heterocycles. The minimum Gasteiger partial charge on any atom is -0.396 e. The van der Waals surface area contributed by atoms with Crippen LogP contribution in [-0.4, -0.2) is 44.7 Å². The van der Waals surface area contributed by atoms with E-state index in [0.29, 0.717) is 24.5 Å². The third kappa shape index (κ3) is 5.12. The van der Waals surface area contributed by atoms with Crippen molar-refractivity contribution in [3.05, 3.63) is 40.7 Å². The number of pyridine rings is 1. The molecule has 38 heavy (non-hydrogen) atoms. The zero-order valence-electron chi connectivity index (χ0n) is 22.4. The molecule has 0 aliphatic heterocycles. The number of thiazole rings is 1. The second kappa shape index (κ2) is 11.0. The van der Waals surface area contributed by atoms with Crippen molar-refractivity contribution in [2.45, 2.75) is 90.2 Å². The second-order valence-corrected chi connectivity index (χ2v) is 13.1. The van der Waals surface area contributed by atoms with Crippen LogP contribution in [0, 0.1) is 22.7 Å². The number of hydrogen-bond donors (Lipinski definition) is 4. The van der Waals surface area contributed by atoms with Crippen LogP contribution in [0.5, 0.6) is 0 Å². The van der Waals surface area contributed by atoms with E-state index in [-0.39, 0.29) is 48.0 Å².